The summed E-state index contributed by atoms with van der Waals surface area (Å²) in [5.74, 6) is -2.38. The average molecular weight is 327 g/mol. The van der Waals surface area contributed by atoms with E-state index in [9.17, 15) is 19.7 Å². The highest BCUT2D eigenvalue weighted by Crippen LogP contribution is 2.31. The fourth-order valence-corrected chi connectivity index (χ4v) is 2.75. The van der Waals surface area contributed by atoms with Crippen LogP contribution in [0.1, 0.15) is 30.7 Å². The molecular weight excluding hydrogens is 312 g/mol. The summed E-state index contributed by atoms with van der Waals surface area (Å²) in [7, 11) is 0. The number of nitrogens with zero attached hydrogens (tertiary/aromatic N) is 2. The number of carbonyl (C=O) groups is 2. The van der Waals surface area contributed by atoms with Crippen LogP contribution in [0.25, 0.3) is 0 Å². The van der Waals surface area contributed by atoms with Crippen molar-refractivity contribution in [1.29, 1.82) is 0 Å². The van der Waals surface area contributed by atoms with E-state index in [0.29, 0.717) is 18.7 Å². The van der Waals surface area contributed by atoms with Gasteiger partial charge in [-0.2, -0.15) is 0 Å². The van der Waals surface area contributed by atoms with Crippen molar-refractivity contribution in [2.75, 3.05) is 13.1 Å². The number of likely N-dealkylation sites (tertiary alicyclic amines) is 1. The molecule has 7 nitrogen and oxygen atoms in total. The Hall–Kier alpha value is -2.15. The fraction of sp³-hybridized carbons (Fsp3) is 0.429. The number of aliphatic carboxylic acids is 1. The Morgan fingerprint density at radius 1 is 1.36 bits per heavy atom. The molecule has 0 spiro atoms. The largest absolute Gasteiger partial charge is 0.481 e. The Labute approximate surface area is 131 Å². The number of nitro benzene ring substituents is 1. The molecule has 1 saturated heterocycles. The molecule has 1 atom stereocenters. The second-order valence-electron chi connectivity index (χ2n) is 5.15. The first-order valence-electron chi connectivity index (χ1n) is 6.84. The van der Waals surface area contributed by atoms with Gasteiger partial charge in [-0.05, 0) is 24.5 Å². The SMILES string of the molecule is O=C(O)CC(C(=O)N1CCCC1)c1ccc(Cl)c([N+](=O)[O-])c1. The normalized spacial score (nSPS) is 15.6. The van der Waals surface area contributed by atoms with E-state index in [0.717, 1.165) is 12.8 Å². The number of amides is 1. The summed E-state index contributed by atoms with van der Waals surface area (Å²) in [5, 5.41) is 19.9. The zero-order valence-electron chi connectivity index (χ0n) is 11.7. The molecule has 2 rings (SSSR count). The first kappa shape index (κ1) is 16.2. The van der Waals surface area contributed by atoms with E-state index in [1.54, 1.807) is 4.90 Å². The van der Waals surface area contributed by atoms with Gasteiger partial charge in [0.2, 0.25) is 5.91 Å². The maximum Gasteiger partial charge on any atom is 0.304 e. The van der Waals surface area contributed by atoms with Gasteiger partial charge in [-0.15, -0.1) is 0 Å². The molecule has 8 heteroatoms. The molecule has 1 aliphatic heterocycles. The van der Waals surface area contributed by atoms with E-state index in [2.05, 4.69) is 0 Å². The summed E-state index contributed by atoms with van der Waals surface area (Å²) in [4.78, 5) is 35.5. The lowest BCUT2D eigenvalue weighted by molar-refractivity contribution is -0.384. The van der Waals surface area contributed by atoms with Crippen LogP contribution >= 0.6 is 11.6 Å². The summed E-state index contributed by atoms with van der Waals surface area (Å²) < 4.78 is 0. The summed E-state index contributed by atoms with van der Waals surface area (Å²) in [6.45, 7) is 1.18. The fourth-order valence-electron chi connectivity index (χ4n) is 2.57. The summed E-state index contributed by atoms with van der Waals surface area (Å²) in [5.41, 5.74) is -0.0285. The quantitative estimate of drug-likeness (QED) is 0.661. The predicted octanol–water partition coefficient (Wildman–Crippen LogP) is 2.43. The molecule has 1 heterocycles. The predicted molar refractivity (Wildman–Crippen MR) is 78.9 cm³/mol. The molecule has 0 aromatic heterocycles. The molecule has 1 aliphatic rings. The topological polar surface area (TPSA) is 101 Å². The van der Waals surface area contributed by atoms with Gasteiger partial charge in [0, 0.05) is 19.2 Å². The van der Waals surface area contributed by atoms with Gasteiger partial charge in [0.05, 0.1) is 17.3 Å². The highest BCUT2D eigenvalue weighted by molar-refractivity contribution is 6.32. The molecule has 1 unspecified atom stereocenters. The summed E-state index contributed by atoms with van der Waals surface area (Å²) in [6, 6.07) is 3.97. The van der Waals surface area contributed by atoms with Crippen LogP contribution in [0, 0.1) is 10.1 Å². The molecular formula is C14H15ClN2O5. The van der Waals surface area contributed by atoms with Crippen LogP contribution < -0.4 is 0 Å². The van der Waals surface area contributed by atoms with Crippen LogP contribution in [-0.4, -0.2) is 39.9 Å². The number of nitro groups is 1. The third-order valence-corrected chi connectivity index (χ3v) is 3.98. The van der Waals surface area contributed by atoms with Crippen LogP contribution in [0.15, 0.2) is 18.2 Å². The van der Waals surface area contributed by atoms with E-state index >= 15 is 0 Å². The van der Waals surface area contributed by atoms with Crippen molar-refractivity contribution < 1.29 is 19.6 Å². The number of hydrogen-bond acceptors (Lipinski definition) is 4. The van der Waals surface area contributed by atoms with E-state index in [-0.39, 0.29) is 16.6 Å². The summed E-state index contributed by atoms with van der Waals surface area (Å²) in [6.07, 6.45) is 1.35. The lowest BCUT2D eigenvalue weighted by atomic mass is 9.94. The van der Waals surface area contributed by atoms with Crippen molar-refractivity contribution in [2.45, 2.75) is 25.2 Å². The van der Waals surface area contributed by atoms with Crippen LogP contribution in [0.3, 0.4) is 0 Å². The molecule has 0 aliphatic carbocycles. The minimum atomic E-state index is -1.13. The number of carboxylic acids is 1. The van der Waals surface area contributed by atoms with Crippen LogP contribution in [-0.2, 0) is 9.59 Å². The minimum absolute atomic E-state index is 0.0450. The van der Waals surface area contributed by atoms with Crippen LogP contribution in [0.5, 0.6) is 0 Å². The van der Waals surface area contributed by atoms with Crippen molar-refractivity contribution in [3.05, 3.63) is 38.9 Å². The van der Waals surface area contributed by atoms with Crippen molar-refractivity contribution in [3.8, 4) is 0 Å². The smallest absolute Gasteiger partial charge is 0.304 e. The van der Waals surface area contributed by atoms with Gasteiger partial charge >= 0.3 is 5.97 Å². The van der Waals surface area contributed by atoms with Gasteiger partial charge in [0.15, 0.2) is 0 Å². The van der Waals surface area contributed by atoms with E-state index in [4.69, 9.17) is 16.7 Å². The number of carbonyl (C=O) groups excluding carboxylic acids is 1. The first-order chi connectivity index (χ1) is 10.4. The van der Waals surface area contributed by atoms with Gasteiger partial charge in [0.1, 0.15) is 5.02 Å². The monoisotopic (exact) mass is 326 g/mol. The Morgan fingerprint density at radius 2 is 2.00 bits per heavy atom. The van der Waals surface area contributed by atoms with Crippen LogP contribution in [0.4, 0.5) is 5.69 Å². The number of benzene rings is 1. The molecule has 0 bridgehead atoms. The molecule has 0 radical (unpaired) electrons. The number of hydrogen-bond donors (Lipinski definition) is 1. The molecule has 1 aromatic rings. The van der Waals surface area contributed by atoms with E-state index < -0.39 is 23.2 Å². The molecule has 118 valence electrons. The Balaban J connectivity index is 2.36. The lowest BCUT2D eigenvalue weighted by Crippen LogP contribution is -2.33. The van der Waals surface area contributed by atoms with Gasteiger partial charge in [-0.1, -0.05) is 17.7 Å². The summed E-state index contributed by atoms with van der Waals surface area (Å²) >= 11 is 5.75. The van der Waals surface area contributed by atoms with Crippen molar-refractivity contribution >= 4 is 29.2 Å². The molecule has 0 saturated carbocycles. The average Bonchev–Trinajstić information content (AvgIpc) is 2.98. The Bertz CT molecular complexity index is 613. The number of halogens is 1. The van der Waals surface area contributed by atoms with Gasteiger partial charge in [0.25, 0.3) is 5.69 Å². The zero-order chi connectivity index (χ0) is 16.3. The van der Waals surface area contributed by atoms with E-state index in [1.165, 1.54) is 18.2 Å². The standard InChI is InChI=1S/C14H15ClN2O5/c15-11-4-3-9(7-12(11)17(21)22)10(8-13(18)19)14(20)16-5-1-2-6-16/h3-4,7,10H,1-2,5-6,8H2,(H,18,19). The minimum Gasteiger partial charge on any atom is -0.481 e. The number of carboxylic acid groups (broad SMARTS) is 1. The van der Waals surface area contributed by atoms with Crippen molar-refractivity contribution in [2.24, 2.45) is 0 Å². The van der Waals surface area contributed by atoms with Gasteiger partial charge in [-0.3, -0.25) is 19.7 Å². The third kappa shape index (κ3) is 3.54. The highest BCUT2D eigenvalue weighted by Gasteiger charge is 2.31. The Kier molecular flexibility index (Phi) is 4.97. The molecule has 1 amide bonds. The number of rotatable bonds is 5. The maximum atomic E-state index is 12.5. The van der Waals surface area contributed by atoms with Crippen LogP contribution in [0.2, 0.25) is 5.02 Å². The first-order valence-corrected chi connectivity index (χ1v) is 7.22. The third-order valence-electron chi connectivity index (χ3n) is 3.66. The van der Waals surface area contributed by atoms with Gasteiger partial charge in [-0.25, -0.2) is 0 Å². The molecule has 1 N–H and O–H groups in total. The van der Waals surface area contributed by atoms with Gasteiger partial charge < -0.3 is 10.0 Å². The molecule has 22 heavy (non-hydrogen) atoms. The Morgan fingerprint density at radius 3 is 2.55 bits per heavy atom. The second-order valence-corrected chi connectivity index (χ2v) is 5.56. The van der Waals surface area contributed by atoms with Crippen molar-refractivity contribution in [3.63, 3.8) is 0 Å². The van der Waals surface area contributed by atoms with E-state index in [1.807, 2.05) is 0 Å². The molecule has 1 fully saturated rings. The maximum absolute atomic E-state index is 12.5. The second kappa shape index (κ2) is 6.74. The van der Waals surface area contributed by atoms with Crippen molar-refractivity contribution in [1.82, 2.24) is 4.90 Å². The molecule has 1 aromatic carbocycles. The highest BCUT2D eigenvalue weighted by atomic mass is 35.5. The zero-order valence-corrected chi connectivity index (χ0v) is 12.5. The lowest BCUT2D eigenvalue weighted by Gasteiger charge is -2.22.